The summed E-state index contributed by atoms with van der Waals surface area (Å²) in [6.45, 7) is 6.78. The molecule has 0 unspecified atom stereocenters. The van der Waals surface area contributed by atoms with Gasteiger partial charge in [-0.15, -0.1) is 11.3 Å². The summed E-state index contributed by atoms with van der Waals surface area (Å²) in [5.74, 6) is 0.411. The SMILES string of the molecule is CC(=O)Nc1cccc(C(=O)Nc2nc(CN3CCC(C)CC3)cs2)c1. The lowest BCUT2D eigenvalue weighted by Crippen LogP contribution is -2.32. The third-order valence-electron chi connectivity index (χ3n) is 4.48. The van der Waals surface area contributed by atoms with Crippen molar-refractivity contribution in [3.63, 3.8) is 0 Å². The third kappa shape index (κ3) is 5.12. The van der Waals surface area contributed by atoms with Gasteiger partial charge in [-0.2, -0.15) is 0 Å². The lowest BCUT2D eigenvalue weighted by Gasteiger charge is -2.29. The van der Waals surface area contributed by atoms with Gasteiger partial charge in [0.2, 0.25) is 5.91 Å². The molecule has 0 radical (unpaired) electrons. The van der Waals surface area contributed by atoms with Crippen LogP contribution in [-0.4, -0.2) is 34.8 Å². The zero-order chi connectivity index (χ0) is 18.5. The molecule has 1 aliphatic rings. The van der Waals surface area contributed by atoms with Gasteiger partial charge in [0.05, 0.1) is 5.69 Å². The number of carbonyl (C=O) groups is 2. The molecule has 0 bridgehead atoms. The average molecular weight is 372 g/mol. The van der Waals surface area contributed by atoms with Gasteiger partial charge in [0, 0.05) is 30.1 Å². The van der Waals surface area contributed by atoms with Crippen LogP contribution in [0.25, 0.3) is 0 Å². The second-order valence-electron chi connectivity index (χ2n) is 6.82. The highest BCUT2D eigenvalue weighted by molar-refractivity contribution is 7.13. The summed E-state index contributed by atoms with van der Waals surface area (Å²) in [4.78, 5) is 30.5. The van der Waals surface area contributed by atoms with Crippen LogP contribution in [0, 0.1) is 5.92 Å². The van der Waals surface area contributed by atoms with Crippen LogP contribution in [0.3, 0.4) is 0 Å². The Hall–Kier alpha value is -2.25. The maximum atomic E-state index is 12.4. The number of nitrogens with zero attached hydrogens (tertiary/aromatic N) is 2. The second kappa shape index (κ2) is 8.42. The molecule has 2 heterocycles. The largest absolute Gasteiger partial charge is 0.326 e. The molecule has 0 aliphatic carbocycles. The Kier molecular flexibility index (Phi) is 6.00. The molecule has 1 fully saturated rings. The minimum Gasteiger partial charge on any atom is -0.326 e. The van der Waals surface area contributed by atoms with Crippen molar-refractivity contribution in [2.75, 3.05) is 23.7 Å². The lowest BCUT2D eigenvalue weighted by molar-refractivity contribution is -0.114. The Balaban J connectivity index is 1.58. The monoisotopic (exact) mass is 372 g/mol. The topological polar surface area (TPSA) is 74.3 Å². The predicted octanol–water partition coefficient (Wildman–Crippen LogP) is 3.59. The number of amides is 2. The summed E-state index contributed by atoms with van der Waals surface area (Å²) in [5, 5.41) is 8.12. The first-order valence-corrected chi connectivity index (χ1v) is 9.73. The second-order valence-corrected chi connectivity index (χ2v) is 7.68. The van der Waals surface area contributed by atoms with E-state index < -0.39 is 0 Å². The molecular weight excluding hydrogens is 348 g/mol. The van der Waals surface area contributed by atoms with Gasteiger partial charge in [-0.05, 0) is 50.0 Å². The summed E-state index contributed by atoms with van der Waals surface area (Å²) in [5.41, 5.74) is 2.08. The van der Waals surface area contributed by atoms with E-state index in [4.69, 9.17) is 0 Å². The van der Waals surface area contributed by atoms with Gasteiger partial charge in [0.15, 0.2) is 5.13 Å². The smallest absolute Gasteiger partial charge is 0.257 e. The molecule has 2 N–H and O–H groups in total. The Morgan fingerprint density at radius 2 is 2.04 bits per heavy atom. The predicted molar refractivity (Wildman–Crippen MR) is 104 cm³/mol. The molecule has 0 saturated carbocycles. The minimum atomic E-state index is -0.232. The highest BCUT2D eigenvalue weighted by Crippen LogP contribution is 2.21. The zero-order valence-corrected chi connectivity index (χ0v) is 15.9. The van der Waals surface area contributed by atoms with Crippen LogP contribution in [-0.2, 0) is 11.3 Å². The average Bonchev–Trinajstić information content (AvgIpc) is 3.03. The van der Waals surface area contributed by atoms with Gasteiger partial charge >= 0.3 is 0 Å². The van der Waals surface area contributed by atoms with Crippen LogP contribution >= 0.6 is 11.3 Å². The van der Waals surface area contributed by atoms with Crippen LogP contribution in [0.2, 0.25) is 0 Å². The summed E-state index contributed by atoms with van der Waals surface area (Å²) in [6, 6.07) is 6.86. The fourth-order valence-corrected chi connectivity index (χ4v) is 3.69. The molecule has 0 atom stereocenters. The van der Waals surface area contributed by atoms with Gasteiger partial charge in [-0.3, -0.25) is 19.8 Å². The van der Waals surface area contributed by atoms with E-state index in [2.05, 4.69) is 27.4 Å². The number of thiazole rings is 1. The standard InChI is InChI=1S/C19H24N4O2S/c1-13-6-8-23(9-7-13)11-17-12-26-19(21-17)22-18(25)15-4-3-5-16(10-15)20-14(2)24/h3-5,10,12-13H,6-9,11H2,1-2H3,(H,20,24)(H,21,22,25). The third-order valence-corrected chi connectivity index (χ3v) is 5.29. The summed E-state index contributed by atoms with van der Waals surface area (Å²) < 4.78 is 0. The molecule has 1 saturated heterocycles. The highest BCUT2D eigenvalue weighted by atomic mass is 32.1. The van der Waals surface area contributed by atoms with E-state index in [1.807, 2.05) is 5.38 Å². The van der Waals surface area contributed by atoms with E-state index in [0.717, 1.165) is 31.2 Å². The lowest BCUT2D eigenvalue weighted by atomic mass is 9.99. The minimum absolute atomic E-state index is 0.167. The van der Waals surface area contributed by atoms with Crippen molar-refractivity contribution in [2.45, 2.75) is 33.2 Å². The van der Waals surface area contributed by atoms with Gasteiger partial charge in [-0.25, -0.2) is 4.98 Å². The zero-order valence-electron chi connectivity index (χ0n) is 15.1. The van der Waals surface area contributed by atoms with E-state index in [1.54, 1.807) is 24.3 Å². The van der Waals surface area contributed by atoms with Crippen molar-refractivity contribution in [3.8, 4) is 0 Å². The highest BCUT2D eigenvalue weighted by Gasteiger charge is 2.17. The number of hydrogen-bond donors (Lipinski definition) is 2. The van der Waals surface area contributed by atoms with Crippen LogP contribution in [0.15, 0.2) is 29.6 Å². The molecule has 1 aromatic heterocycles. The maximum absolute atomic E-state index is 12.4. The molecule has 2 amide bonds. The number of rotatable bonds is 5. The molecular formula is C19H24N4O2S. The van der Waals surface area contributed by atoms with E-state index in [0.29, 0.717) is 16.4 Å². The van der Waals surface area contributed by atoms with Crippen LogP contribution < -0.4 is 10.6 Å². The fourth-order valence-electron chi connectivity index (χ4n) is 3.00. The molecule has 3 rings (SSSR count). The number of hydrogen-bond acceptors (Lipinski definition) is 5. The van der Waals surface area contributed by atoms with E-state index in [-0.39, 0.29) is 11.8 Å². The molecule has 138 valence electrons. The number of anilines is 2. The number of aromatic nitrogens is 1. The van der Waals surface area contributed by atoms with Crippen molar-refractivity contribution < 1.29 is 9.59 Å². The van der Waals surface area contributed by atoms with Gasteiger partial charge < -0.3 is 5.32 Å². The van der Waals surface area contributed by atoms with Gasteiger partial charge in [0.1, 0.15) is 0 Å². The molecule has 6 nitrogen and oxygen atoms in total. The quantitative estimate of drug-likeness (QED) is 0.841. The summed E-state index contributed by atoms with van der Waals surface area (Å²) in [6.07, 6.45) is 2.47. The Bertz CT molecular complexity index is 781. The van der Waals surface area contributed by atoms with E-state index in [9.17, 15) is 9.59 Å². The molecule has 2 aromatic rings. The molecule has 1 aliphatic heterocycles. The van der Waals surface area contributed by atoms with Crippen molar-refractivity contribution in [3.05, 3.63) is 40.9 Å². The number of carbonyl (C=O) groups excluding carboxylic acids is 2. The van der Waals surface area contributed by atoms with Gasteiger partial charge in [0.25, 0.3) is 5.91 Å². The van der Waals surface area contributed by atoms with Gasteiger partial charge in [-0.1, -0.05) is 13.0 Å². The Labute approximate surface area is 157 Å². The number of likely N-dealkylation sites (tertiary alicyclic amines) is 1. The van der Waals surface area contributed by atoms with Crippen molar-refractivity contribution in [2.24, 2.45) is 5.92 Å². The number of benzene rings is 1. The van der Waals surface area contributed by atoms with Crippen LogP contribution in [0.1, 0.15) is 42.7 Å². The fraction of sp³-hybridized carbons (Fsp3) is 0.421. The normalized spacial score (nSPS) is 15.6. The summed E-state index contributed by atoms with van der Waals surface area (Å²) in [7, 11) is 0. The van der Waals surface area contributed by atoms with Crippen LogP contribution in [0.4, 0.5) is 10.8 Å². The Morgan fingerprint density at radius 1 is 1.27 bits per heavy atom. The van der Waals surface area contributed by atoms with E-state index >= 15 is 0 Å². The number of nitrogens with one attached hydrogen (secondary N) is 2. The molecule has 7 heteroatoms. The first-order valence-electron chi connectivity index (χ1n) is 8.85. The molecule has 0 spiro atoms. The summed E-state index contributed by atoms with van der Waals surface area (Å²) >= 11 is 1.44. The van der Waals surface area contributed by atoms with Crippen molar-refractivity contribution in [1.29, 1.82) is 0 Å². The van der Waals surface area contributed by atoms with E-state index in [1.165, 1.54) is 31.1 Å². The Morgan fingerprint density at radius 3 is 2.77 bits per heavy atom. The van der Waals surface area contributed by atoms with Crippen LogP contribution in [0.5, 0.6) is 0 Å². The first-order chi connectivity index (χ1) is 12.5. The molecule has 1 aromatic carbocycles. The first kappa shape index (κ1) is 18.5. The van der Waals surface area contributed by atoms with Crippen molar-refractivity contribution >= 4 is 34.0 Å². The maximum Gasteiger partial charge on any atom is 0.257 e. The molecule has 26 heavy (non-hydrogen) atoms. The van der Waals surface area contributed by atoms with Crippen molar-refractivity contribution in [1.82, 2.24) is 9.88 Å². The number of piperidine rings is 1.